The standard InChI is InChI=1S/C18H24F3N7O/c1-9-5-6-10(8-11(9)19)26-16(13(22)15(24)29)27-17(25)28(2)12-4-3-7-18(20,21)14(12)23/h5-6,8,12,14,22H,3-4,7,23H2,1-2H3,(H2,24,29)(H2,25,26,27)/t12-,14-/m1/s1. The summed E-state index contributed by atoms with van der Waals surface area (Å²) < 4.78 is 41.6. The Kier molecular flexibility index (Phi) is 6.62. The number of amides is 1. The summed E-state index contributed by atoms with van der Waals surface area (Å²) >= 11 is 0. The number of nitrogens with one attached hydrogen (secondary N) is 1. The third-order valence-corrected chi connectivity index (χ3v) is 4.85. The molecule has 158 valence electrons. The number of carbonyl (C=O) groups excluding carboxylic acids is 1. The summed E-state index contributed by atoms with van der Waals surface area (Å²) in [5, 5.41) is 7.80. The Hall–Kier alpha value is -2.95. The Balaban J connectivity index is 2.39. The Labute approximate surface area is 166 Å². The highest BCUT2D eigenvalue weighted by molar-refractivity contribution is 6.66. The van der Waals surface area contributed by atoms with Gasteiger partial charge in [0.1, 0.15) is 5.82 Å². The highest BCUT2D eigenvalue weighted by Crippen LogP contribution is 2.34. The first-order valence-electron chi connectivity index (χ1n) is 8.88. The van der Waals surface area contributed by atoms with Crippen LogP contribution in [0.4, 0.5) is 18.9 Å². The molecule has 1 aliphatic rings. The molecular weight excluding hydrogens is 387 g/mol. The van der Waals surface area contributed by atoms with E-state index >= 15 is 0 Å². The van der Waals surface area contributed by atoms with Gasteiger partial charge >= 0.3 is 0 Å². The maximum atomic E-state index is 13.9. The fourth-order valence-corrected chi connectivity index (χ4v) is 2.99. The molecule has 7 N–H and O–H groups in total. The van der Waals surface area contributed by atoms with Crippen molar-refractivity contribution < 1.29 is 18.0 Å². The fourth-order valence-electron chi connectivity index (χ4n) is 2.99. The van der Waals surface area contributed by atoms with Crippen LogP contribution in [0.25, 0.3) is 0 Å². The summed E-state index contributed by atoms with van der Waals surface area (Å²) in [5.74, 6) is -5.47. The smallest absolute Gasteiger partial charge is 0.270 e. The molecule has 0 unspecified atom stereocenters. The number of alkyl halides is 2. The first-order chi connectivity index (χ1) is 13.4. The number of halogens is 3. The van der Waals surface area contributed by atoms with E-state index in [0.29, 0.717) is 12.0 Å². The number of amidine groups is 1. The number of primary amides is 1. The van der Waals surface area contributed by atoms with Crippen molar-refractivity contribution in [3.63, 3.8) is 0 Å². The zero-order valence-corrected chi connectivity index (χ0v) is 16.1. The Bertz CT molecular complexity index is 869. The van der Waals surface area contributed by atoms with Gasteiger partial charge in [-0.15, -0.1) is 0 Å². The number of rotatable bonds is 4. The lowest BCUT2D eigenvalue weighted by Gasteiger charge is -2.40. The minimum absolute atomic E-state index is 0.0780. The van der Waals surface area contributed by atoms with Crippen LogP contribution in [0.5, 0.6) is 0 Å². The average molecular weight is 411 g/mol. The summed E-state index contributed by atoms with van der Waals surface area (Å²) in [4.78, 5) is 20.6. The lowest BCUT2D eigenvalue weighted by atomic mass is 9.87. The van der Waals surface area contributed by atoms with Crippen LogP contribution >= 0.6 is 0 Å². The molecule has 0 spiro atoms. The van der Waals surface area contributed by atoms with E-state index in [2.05, 4.69) is 9.98 Å². The summed E-state index contributed by atoms with van der Waals surface area (Å²) in [6.45, 7) is 1.56. The lowest BCUT2D eigenvalue weighted by molar-refractivity contribution is -0.111. The Morgan fingerprint density at radius 1 is 1.34 bits per heavy atom. The molecule has 1 fully saturated rings. The Morgan fingerprint density at radius 2 is 2.00 bits per heavy atom. The predicted octanol–water partition coefficient (Wildman–Crippen LogP) is 1.43. The summed E-state index contributed by atoms with van der Waals surface area (Å²) in [7, 11) is 1.43. The number of hydrogen-bond acceptors (Lipinski definition) is 4. The van der Waals surface area contributed by atoms with Gasteiger partial charge in [-0.05, 0) is 37.5 Å². The molecule has 1 amide bonds. The number of nitrogens with two attached hydrogens (primary N) is 3. The van der Waals surface area contributed by atoms with E-state index in [4.69, 9.17) is 22.6 Å². The van der Waals surface area contributed by atoms with Crippen molar-refractivity contribution in [3.05, 3.63) is 29.6 Å². The molecule has 8 nitrogen and oxygen atoms in total. The van der Waals surface area contributed by atoms with Gasteiger partial charge in [0.2, 0.25) is 0 Å². The zero-order chi connectivity index (χ0) is 21.9. The van der Waals surface area contributed by atoms with Crippen LogP contribution in [0.1, 0.15) is 24.8 Å². The highest BCUT2D eigenvalue weighted by atomic mass is 19.3. The fraction of sp³-hybridized carbons (Fsp3) is 0.444. The number of benzene rings is 1. The van der Waals surface area contributed by atoms with Gasteiger partial charge in [0, 0.05) is 13.5 Å². The number of nitrogens with zero attached hydrogens (tertiary/aromatic N) is 3. The van der Waals surface area contributed by atoms with Crippen LogP contribution in [0.3, 0.4) is 0 Å². The number of aliphatic imine (C=N–C) groups is 2. The van der Waals surface area contributed by atoms with Crippen LogP contribution in [-0.4, -0.2) is 53.4 Å². The van der Waals surface area contributed by atoms with Crippen LogP contribution < -0.4 is 17.2 Å². The molecule has 0 bridgehead atoms. The van der Waals surface area contributed by atoms with Gasteiger partial charge < -0.3 is 22.1 Å². The first-order valence-corrected chi connectivity index (χ1v) is 8.88. The minimum atomic E-state index is -3.05. The van der Waals surface area contributed by atoms with Gasteiger partial charge in [0.15, 0.2) is 17.5 Å². The van der Waals surface area contributed by atoms with Crippen LogP contribution in [0, 0.1) is 18.2 Å². The van der Waals surface area contributed by atoms with Crippen molar-refractivity contribution in [1.29, 1.82) is 5.41 Å². The summed E-state index contributed by atoms with van der Waals surface area (Å²) in [5.41, 5.74) is 16.4. The molecule has 0 saturated heterocycles. The van der Waals surface area contributed by atoms with Crippen molar-refractivity contribution in [2.75, 3.05) is 7.05 Å². The van der Waals surface area contributed by atoms with Gasteiger partial charge in [-0.25, -0.2) is 18.2 Å². The van der Waals surface area contributed by atoms with Crippen molar-refractivity contribution in [2.45, 2.75) is 44.2 Å². The molecular formula is C18H24F3N7O. The zero-order valence-electron chi connectivity index (χ0n) is 16.1. The summed E-state index contributed by atoms with van der Waals surface area (Å²) in [6, 6.07) is 1.75. The average Bonchev–Trinajstić information content (AvgIpc) is 2.65. The highest BCUT2D eigenvalue weighted by Gasteiger charge is 2.46. The topological polar surface area (TPSA) is 147 Å². The molecule has 1 saturated carbocycles. The second kappa shape index (κ2) is 8.60. The van der Waals surface area contributed by atoms with Gasteiger partial charge in [-0.2, -0.15) is 4.99 Å². The van der Waals surface area contributed by atoms with Gasteiger partial charge in [-0.1, -0.05) is 6.07 Å². The number of likely N-dealkylation sites (N-methyl/N-ethyl adjacent to an activating group) is 1. The molecule has 0 heterocycles. The van der Waals surface area contributed by atoms with E-state index in [0.717, 1.165) is 6.07 Å². The van der Waals surface area contributed by atoms with E-state index < -0.39 is 41.3 Å². The maximum absolute atomic E-state index is 13.9. The maximum Gasteiger partial charge on any atom is 0.270 e. The number of carbonyl (C=O) groups is 1. The SMILES string of the molecule is Cc1ccc(N=C(N=C(N)N(C)[C@@H]2CCCC(F)(F)[C@@H]2N)C(=N)C(N)=O)cc1F. The van der Waals surface area contributed by atoms with Gasteiger partial charge in [-0.3, -0.25) is 10.2 Å². The van der Waals surface area contributed by atoms with Crippen LogP contribution in [0.15, 0.2) is 28.2 Å². The van der Waals surface area contributed by atoms with E-state index in [1.54, 1.807) is 6.92 Å². The van der Waals surface area contributed by atoms with E-state index in [1.165, 1.54) is 24.1 Å². The van der Waals surface area contributed by atoms with Crippen LogP contribution in [0.2, 0.25) is 0 Å². The second-order valence-electron chi connectivity index (χ2n) is 6.94. The molecule has 11 heteroatoms. The van der Waals surface area contributed by atoms with Crippen molar-refractivity contribution in [1.82, 2.24) is 4.90 Å². The van der Waals surface area contributed by atoms with E-state index in [9.17, 15) is 18.0 Å². The number of guanidine groups is 1. The van der Waals surface area contributed by atoms with Crippen LogP contribution in [-0.2, 0) is 4.79 Å². The molecule has 1 aliphatic carbocycles. The monoisotopic (exact) mass is 411 g/mol. The third kappa shape index (κ3) is 5.11. The quantitative estimate of drug-likeness (QED) is 0.438. The molecule has 0 aromatic heterocycles. The van der Waals surface area contributed by atoms with Crippen molar-refractivity contribution in [2.24, 2.45) is 27.2 Å². The predicted molar refractivity (Wildman–Crippen MR) is 105 cm³/mol. The van der Waals surface area contributed by atoms with Crippen molar-refractivity contribution in [3.8, 4) is 0 Å². The molecule has 0 aliphatic heterocycles. The molecule has 0 radical (unpaired) electrons. The molecule has 1 aromatic carbocycles. The van der Waals surface area contributed by atoms with E-state index in [-0.39, 0.29) is 24.5 Å². The minimum Gasteiger partial charge on any atom is -0.369 e. The van der Waals surface area contributed by atoms with E-state index in [1.807, 2.05) is 0 Å². The van der Waals surface area contributed by atoms with Gasteiger partial charge in [0.05, 0.1) is 17.8 Å². The Morgan fingerprint density at radius 3 is 2.59 bits per heavy atom. The van der Waals surface area contributed by atoms with Gasteiger partial charge in [0.25, 0.3) is 11.8 Å². The lowest BCUT2D eigenvalue weighted by Crippen LogP contribution is -2.60. The normalized spacial score (nSPS) is 22.3. The molecule has 29 heavy (non-hydrogen) atoms. The first kappa shape index (κ1) is 22.3. The summed E-state index contributed by atoms with van der Waals surface area (Å²) in [6.07, 6.45) is 0.309. The van der Waals surface area contributed by atoms with Crippen molar-refractivity contribution >= 4 is 29.1 Å². The second-order valence-corrected chi connectivity index (χ2v) is 6.94. The molecule has 1 aromatic rings. The molecule has 2 rings (SSSR count). The largest absolute Gasteiger partial charge is 0.369 e. The molecule has 2 atom stereocenters. The number of hydrogen-bond donors (Lipinski definition) is 4. The third-order valence-electron chi connectivity index (χ3n) is 4.85. The number of aryl methyl sites for hydroxylation is 1.